The molecule has 3 rings (SSSR count). The second-order valence-electron chi connectivity index (χ2n) is 5.83. The maximum absolute atomic E-state index is 12.4. The Morgan fingerprint density at radius 2 is 1.96 bits per heavy atom. The zero-order valence-corrected chi connectivity index (χ0v) is 13.2. The largest absolute Gasteiger partial charge is 0.462 e. The molecule has 0 saturated carbocycles. The number of hydrogen-bond donors (Lipinski definition) is 0. The lowest BCUT2D eigenvalue weighted by molar-refractivity contribution is -0.129. The number of rotatable bonds is 4. The van der Waals surface area contributed by atoms with Crippen molar-refractivity contribution < 1.29 is 19.1 Å². The third kappa shape index (κ3) is 2.93. The number of piperidine rings is 1. The molecule has 2 heterocycles. The first-order valence-electron chi connectivity index (χ1n) is 8.00. The third-order valence-electron chi connectivity index (χ3n) is 4.34. The first-order valence-corrected chi connectivity index (χ1v) is 8.00. The van der Waals surface area contributed by atoms with Crippen LogP contribution in [0.25, 0.3) is 0 Å². The number of esters is 1. The number of benzene rings is 1. The van der Waals surface area contributed by atoms with Crippen LogP contribution in [0.4, 0.5) is 4.79 Å². The SMILES string of the molecule is CCOC(=O)c1ccc(CN2C(=O)C3CCCCN3C2=O)cc1. The molecule has 0 bridgehead atoms. The van der Waals surface area contributed by atoms with E-state index in [1.54, 1.807) is 36.1 Å². The normalized spacial score (nSPS) is 20.7. The summed E-state index contributed by atoms with van der Waals surface area (Å²) in [6, 6.07) is 6.34. The van der Waals surface area contributed by atoms with Gasteiger partial charge in [-0.05, 0) is 43.9 Å². The van der Waals surface area contributed by atoms with E-state index in [0.717, 1.165) is 24.8 Å². The number of urea groups is 1. The number of fused-ring (bicyclic) bond motifs is 1. The molecule has 3 amide bonds. The molecule has 0 aliphatic carbocycles. The van der Waals surface area contributed by atoms with Crippen molar-refractivity contribution in [3.05, 3.63) is 35.4 Å². The summed E-state index contributed by atoms with van der Waals surface area (Å²) in [4.78, 5) is 39.4. The topological polar surface area (TPSA) is 66.9 Å². The quantitative estimate of drug-likeness (QED) is 0.631. The molecule has 122 valence electrons. The summed E-state index contributed by atoms with van der Waals surface area (Å²) >= 11 is 0. The zero-order valence-electron chi connectivity index (χ0n) is 13.2. The van der Waals surface area contributed by atoms with Gasteiger partial charge in [-0.3, -0.25) is 9.69 Å². The van der Waals surface area contributed by atoms with Crippen LogP contribution in [-0.4, -0.2) is 46.9 Å². The monoisotopic (exact) mass is 316 g/mol. The minimum atomic E-state index is -0.371. The first-order chi connectivity index (χ1) is 11.1. The van der Waals surface area contributed by atoms with E-state index in [0.29, 0.717) is 18.7 Å². The van der Waals surface area contributed by atoms with Crippen LogP contribution >= 0.6 is 0 Å². The number of amides is 3. The maximum atomic E-state index is 12.4. The van der Waals surface area contributed by atoms with Crippen LogP contribution in [-0.2, 0) is 16.1 Å². The van der Waals surface area contributed by atoms with Gasteiger partial charge in [-0.1, -0.05) is 12.1 Å². The van der Waals surface area contributed by atoms with E-state index in [4.69, 9.17) is 4.74 Å². The van der Waals surface area contributed by atoms with Gasteiger partial charge in [0, 0.05) is 6.54 Å². The van der Waals surface area contributed by atoms with Gasteiger partial charge in [-0.2, -0.15) is 0 Å². The predicted octanol–water partition coefficient (Wildman–Crippen LogP) is 2.18. The molecule has 1 atom stereocenters. The summed E-state index contributed by atoms with van der Waals surface area (Å²) in [5.74, 6) is -0.478. The summed E-state index contributed by atoms with van der Waals surface area (Å²) in [7, 11) is 0. The Balaban J connectivity index is 1.70. The zero-order chi connectivity index (χ0) is 16.4. The molecule has 2 aliphatic rings. The Kier molecular flexibility index (Phi) is 4.32. The van der Waals surface area contributed by atoms with E-state index in [1.807, 2.05) is 0 Å². The van der Waals surface area contributed by atoms with Gasteiger partial charge in [0.15, 0.2) is 0 Å². The average Bonchev–Trinajstić information content (AvgIpc) is 2.81. The Labute approximate surface area is 135 Å². The second kappa shape index (κ2) is 6.40. The van der Waals surface area contributed by atoms with Gasteiger partial charge in [0.1, 0.15) is 6.04 Å². The van der Waals surface area contributed by atoms with Crippen molar-refractivity contribution in [3.8, 4) is 0 Å². The van der Waals surface area contributed by atoms with Crippen molar-refractivity contribution in [2.24, 2.45) is 0 Å². The average molecular weight is 316 g/mol. The van der Waals surface area contributed by atoms with Crippen LogP contribution in [0.1, 0.15) is 42.1 Å². The molecule has 0 N–H and O–H groups in total. The van der Waals surface area contributed by atoms with Crippen LogP contribution < -0.4 is 0 Å². The van der Waals surface area contributed by atoms with Gasteiger partial charge in [0.05, 0.1) is 18.7 Å². The predicted molar refractivity (Wildman–Crippen MR) is 82.7 cm³/mol. The Bertz CT molecular complexity index is 602. The molecule has 1 unspecified atom stereocenters. The fourth-order valence-corrected chi connectivity index (χ4v) is 3.14. The highest BCUT2D eigenvalue weighted by molar-refractivity contribution is 6.04. The lowest BCUT2D eigenvalue weighted by atomic mass is 10.0. The van der Waals surface area contributed by atoms with E-state index in [9.17, 15) is 14.4 Å². The highest BCUT2D eigenvalue weighted by Gasteiger charge is 2.45. The van der Waals surface area contributed by atoms with Crippen molar-refractivity contribution in [1.82, 2.24) is 9.80 Å². The number of nitrogens with zero attached hydrogens (tertiary/aromatic N) is 2. The lowest BCUT2D eigenvalue weighted by Crippen LogP contribution is -2.38. The molecular formula is C17H20N2O4. The molecule has 0 radical (unpaired) electrons. The van der Waals surface area contributed by atoms with Crippen molar-refractivity contribution in [2.75, 3.05) is 13.2 Å². The van der Waals surface area contributed by atoms with Crippen molar-refractivity contribution in [2.45, 2.75) is 38.8 Å². The summed E-state index contributed by atoms with van der Waals surface area (Å²) in [5, 5.41) is 0. The molecule has 2 saturated heterocycles. The van der Waals surface area contributed by atoms with Crippen molar-refractivity contribution in [3.63, 3.8) is 0 Å². The molecule has 2 fully saturated rings. The van der Waals surface area contributed by atoms with Crippen LogP contribution in [0.2, 0.25) is 0 Å². The maximum Gasteiger partial charge on any atom is 0.338 e. The van der Waals surface area contributed by atoms with Gasteiger partial charge in [-0.25, -0.2) is 9.59 Å². The summed E-state index contributed by atoms with van der Waals surface area (Å²) in [5.41, 5.74) is 1.28. The van der Waals surface area contributed by atoms with E-state index in [-0.39, 0.29) is 30.5 Å². The molecule has 6 heteroatoms. The van der Waals surface area contributed by atoms with E-state index in [1.165, 1.54) is 4.90 Å². The fourth-order valence-electron chi connectivity index (χ4n) is 3.14. The fraction of sp³-hybridized carbons (Fsp3) is 0.471. The molecule has 6 nitrogen and oxygen atoms in total. The Morgan fingerprint density at radius 1 is 1.22 bits per heavy atom. The van der Waals surface area contributed by atoms with Crippen LogP contribution in [0.5, 0.6) is 0 Å². The number of imide groups is 1. The first kappa shape index (κ1) is 15.5. The van der Waals surface area contributed by atoms with Crippen LogP contribution in [0.3, 0.4) is 0 Å². The second-order valence-corrected chi connectivity index (χ2v) is 5.83. The Hall–Kier alpha value is -2.37. The van der Waals surface area contributed by atoms with Gasteiger partial charge in [0.2, 0.25) is 0 Å². The summed E-state index contributed by atoms with van der Waals surface area (Å²) in [6.45, 7) is 2.99. The molecular weight excluding hydrogens is 296 g/mol. The van der Waals surface area contributed by atoms with Crippen LogP contribution in [0, 0.1) is 0 Å². The van der Waals surface area contributed by atoms with Crippen molar-refractivity contribution >= 4 is 17.9 Å². The Morgan fingerprint density at radius 3 is 2.61 bits per heavy atom. The smallest absolute Gasteiger partial charge is 0.338 e. The van der Waals surface area contributed by atoms with E-state index >= 15 is 0 Å². The summed E-state index contributed by atoms with van der Waals surface area (Å²) < 4.78 is 4.94. The molecule has 1 aromatic carbocycles. The highest BCUT2D eigenvalue weighted by atomic mass is 16.5. The van der Waals surface area contributed by atoms with Crippen molar-refractivity contribution in [1.29, 1.82) is 0 Å². The van der Waals surface area contributed by atoms with Gasteiger partial charge in [0.25, 0.3) is 5.91 Å². The van der Waals surface area contributed by atoms with E-state index < -0.39 is 0 Å². The molecule has 1 aromatic rings. The highest BCUT2D eigenvalue weighted by Crippen LogP contribution is 2.27. The van der Waals surface area contributed by atoms with Gasteiger partial charge >= 0.3 is 12.0 Å². The molecule has 0 spiro atoms. The van der Waals surface area contributed by atoms with Gasteiger partial charge in [-0.15, -0.1) is 0 Å². The van der Waals surface area contributed by atoms with Gasteiger partial charge < -0.3 is 9.64 Å². The number of hydrogen-bond acceptors (Lipinski definition) is 4. The number of carbonyl (C=O) groups is 3. The van der Waals surface area contributed by atoms with Crippen LogP contribution in [0.15, 0.2) is 24.3 Å². The number of ether oxygens (including phenoxy) is 1. The minimum absolute atomic E-state index is 0.107. The molecule has 2 aliphatic heterocycles. The molecule has 23 heavy (non-hydrogen) atoms. The molecule has 0 aromatic heterocycles. The third-order valence-corrected chi connectivity index (χ3v) is 4.34. The minimum Gasteiger partial charge on any atom is -0.462 e. The number of carbonyl (C=O) groups excluding carboxylic acids is 3. The van der Waals surface area contributed by atoms with E-state index in [2.05, 4.69) is 0 Å². The summed E-state index contributed by atoms with van der Waals surface area (Å²) in [6.07, 6.45) is 2.70. The standard InChI is InChI=1S/C17H20N2O4/c1-2-23-16(21)13-8-6-12(7-9-13)11-19-15(20)14-5-3-4-10-18(14)17(19)22/h6-9,14H,2-5,10-11H2,1H3. The lowest BCUT2D eigenvalue weighted by Gasteiger charge is -2.26.